The van der Waals surface area contributed by atoms with Gasteiger partial charge in [0.05, 0.1) is 13.1 Å². The van der Waals surface area contributed by atoms with E-state index in [1.54, 1.807) is 29.1 Å². The van der Waals surface area contributed by atoms with Gasteiger partial charge in [0.2, 0.25) is 5.91 Å². The first-order valence-corrected chi connectivity index (χ1v) is 10.8. The lowest BCUT2D eigenvalue weighted by molar-refractivity contribution is -0.122. The largest absolute Gasteiger partial charge is 0.352 e. The third kappa shape index (κ3) is 5.47. The zero-order valence-corrected chi connectivity index (χ0v) is 18.1. The van der Waals surface area contributed by atoms with Crippen LogP contribution in [-0.4, -0.2) is 49.8 Å². The number of hydrogen-bond acceptors (Lipinski definition) is 5. The smallest absolute Gasteiger partial charge is 0.346 e. The van der Waals surface area contributed by atoms with Gasteiger partial charge < -0.3 is 5.32 Å². The second kappa shape index (κ2) is 9.86. The number of rotatable bonds is 7. The van der Waals surface area contributed by atoms with Crippen molar-refractivity contribution in [1.29, 1.82) is 0 Å². The van der Waals surface area contributed by atoms with E-state index in [1.165, 1.54) is 16.8 Å². The zero-order chi connectivity index (χ0) is 22.5. The Balaban J connectivity index is 1.30. The van der Waals surface area contributed by atoms with E-state index >= 15 is 0 Å². The molecule has 2 aromatic heterocycles. The molecule has 1 aliphatic heterocycles. The van der Waals surface area contributed by atoms with Crippen LogP contribution in [0.2, 0.25) is 0 Å². The van der Waals surface area contributed by atoms with E-state index in [0.29, 0.717) is 39.0 Å². The Bertz CT molecular complexity index is 1110. The minimum absolute atomic E-state index is 0.00322. The molecule has 0 saturated heterocycles. The van der Waals surface area contributed by atoms with Gasteiger partial charge >= 0.3 is 5.69 Å². The van der Waals surface area contributed by atoms with Crippen LogP contribution in [0.4, 0.5) is 4.39 Å². The summed E-state index contributed by atoms with van der Waals surface area (Å²) in [5.74, 6) is 0.391. The first-order valence-electron chi connectivity index (χ1n) is 10.8. The molecule has 0 bridgehead atoms. The number of amides is 1. The lowest BCUT2D eigenvalue weighted by Crippen LogP contribution is -2.41. The van der Waals surface area contributed by atoms with Gasteiger partial charge in [-0.15, -0.1) is 0 Å². The Hall–Kier alpha value is -3.33. The number of likely N-dealkylation sites (N-methyl/N-ethyl adjacent to an activating group) is 1. The van der Waals surface area contributed by atoms with Crippen LogP contribution in [0.1, 0.15) is 29.8 Å². The van der Waals surface area contributed by atoms with E-state index in [0.717, 1.165) is 23.4 Å². The Morgan fingerprint density at radius 1 is 1.16 bits per heavy atom. The molecule has 1 amide bonds. The maximum atomic E-state index is 13.1. The number of aromatic nitrogens is 4. The highest BCUT2D eigenvalue weighted by atomic mass is 19.1. The summed E-state index contributed by atoms with van der Waals surface area (Å²) in [5.41, 5.74) is 1.75. The molecule has 9 heteroatoms. The molecule has 32 heavy (non-hydrogen) atoms. The summed E-state index contributed by atoms with van der Waals surface area (Å²) < 4.78 is 16.2. The number of carbonyl (C=O) groups is 1. The van der Waals surface area contributed by atoms with Gasteiger partial charge in [0.15, 0.2) is 0 Å². The van der Waals surface area contributed by atoms with Gasteiger partial charge in [-0.2, -0.15) is 5.10 Å². The highest BCUT2D eigenvalue weighted by Gasteiger charge is 2.22. The predicted octanol–water partition coefficient (Wildman–Crippen LogP) is 1.58. The summed E-state index contributed by atoms with van der Waals surface area (Å²) in [7, 11) is 1.91. The molecule has 1 N–H and O–H groups in total. The Labute approximate surface area is 185 Å². The number of benzene rings is 1. The third-order valence-electron chi connectivity index (χ3n) is 5.64. The van der Waals surface area contributed by atoms with Crippen molar-refractivity contribution in [3.63, 3.8) is 0 Å². The van der Waals surface area contributed by atoms with Crippen molar-refractivity contribution < 1.29 is 9.18 Å². The number of aryl methyl sites for hydroxylation is 1. The molecule has 0 radical (unpaired) electrons. The second-order valence-corrected chi connectivity index (χ2v) is 8.25. The minimum atomic E-state index is -0.307. The Morgan fingerprint density at radius 2 is 1.91 bits per heavy atom. The molecule has 0 fully saturated rings. The van der Waals surface area contributed by atoms with E-state index in [4.69, 9.17) is 0 Å². The minimum Gasteiger partial charge on any atom is -0.352 e. The van der Waals surface area contributed by atoms with Gasteiger partial charge in [-0.25, -0.2) is 13.9 Å². The predicted molar refractivity (Wildman–Crippen MR) is 117 cm³/mol. The summed E-state index contributed by atoms with van der Waals surface area (Å²) in [4.78, 5) is 31.2. The van der Waals surface area contributed by atoms with Crippen molar-refractivity contribution >= 4 is 5.91 Å². The molecule has 8 nitrogen and oxygen atoms in total. The van der Waals surface area contributed by atoms with Crippen LogP contribution < -0.4 is 11.0 Å². The summed E-state index contributed by atoms with van der Waals surface area (Å²) in [5, 5.41) is 7.59. The average molecular weight is 439 g/mol. The van der Waals surface area contributed by atoms with E-state index in [2.05, 4.69) is 15.4 Å². The lowest BCUT2D eigenvalue weighted by atomic mass is 10.1. The molecule has 1 aromatic carbocycles. The Morgan fingerprint density at radius 3 is 2.66 bits per heavy atom. The van der Waals surface area contributed by atoms with Crippen LogP contribution in [-0.2, 0) is 30.8 Å². The molecule has 1 unspecified atom stereocenters. The SMILES string of the molecule is CN(CC(=O)NC1CCc2nn(Cc3ccc(F)cc3)c(=O)n2CC1)Cc1ccncc1. The van der Waals surface area contributed by atoms with E-state index in [-0.39, 0.29) is 23.5 Å². The monoisotopic (exact) mass is 438 g/mol. The maximum Gasteiger partial charge on any atom is 0.346 e. The van der Waals surface area contributed by atoms with Crippen molar-refractivity contribution in [1.82, 2.24) is 29.5 Å². The molecule has 4 rings (SSSR count). The van der Waals surface area contributed by atoms with Crippen molar-refractivity contribution in [3.05, 3.63) is 82.0 Å². The number of fused-ring (bicyclic) bond motifs is 1. The summed E-state index contributed by atoms with van der Waals surface area (Å²) >= 11 is 0. The van der Waals surface area contributed by atoms with Crippen molar-refractivity contribution in [2.24, 2.45) is 0 Å². The van der Waals surface area contributed by atoms with Crippen LogP contribution in [0.15, 0.2) is 53.6 Å². The lowest BCUT2D eigenvalue weighted by Gasteiger charge is -2.20. The fourth-order valence-corrected chi connectivity index (χ4v) is 4.01. The van der Waals surface area contributed by atoms with E-state index < -0.39 is 0 Å². The Kier molecular flexibility index (Phi) is 6.75. The highest BCUT2D eigenvalue weighted by molar-refractivity contribution is 5.78. The number of carbonyl (C=O) groups excluding carboxylic acids is 1. The number of halogens is 1. The summed E-state index contributed by atoms with van der Waals surface area (Å²) in [6, 6.07) is 9.94. The molecular weight excluding hydrogens is 411 g/mol. The topological polar surface area (TPSA) is 85.0 Å². The fourth-order valence-electron chi connectivity index (χ4n) is 4.01. The van der Waals surface area contributed by atoms with E-state index in [9.17, 15) is 14.0 Å². The van der Waals surface area contributed by atoms with Crippen LogP contribution in [0.25, 0.3) is 0 Å². The first-order chi connectivity index (χ1) is 15.5. The zero-order valence-electron chi connectivity index (χ0n) is 18.1. The van der Waals surface area contributed by atoms with Crippen LogP contribution in [0, 0.1) is 5.82 Å². The molecule has 0 aliphatic carbocycles. The van der Waals surface area contributed by atoms with E-state index in [1.807, 2.05) is 24.1 Å². The fraction of sp³-hybridized carbons (Fsp3) is 0.391. The number of nitrogens with zero attached hydrogens (tertiary/aromatic N) is 5. The molecular formula is C23H27FN6O2. The van der Waals surface area contributed by atoms with Gasteiger partial charge in [-0.05, 0) is 55.3 Å². The van der Waals surface area contributed by atoms with Crippen molar-refractivity contribution in [3.8, 4) is 0 Å². The number of pyridine rings is 1. The van der Waals surface area contributed by atoms with Gasteiger partial charge in [0, 0.05) is 37.9 Å². The average Bonchev–Trinajstić information content (AvgIpc) is 2.92. The van der Waals surface area contributed by atoms with Gasteiger partial charge in [-0.1, -0.05) is 12.1 Å². The summed E-state index contributed by atoms with van der Waals surface area (Å²) in [6.45, 7) is 1.79. The quantitative estimate of drug-likeness (QED) is 0.606. The molecule has 0 spiro atoms. The second-order valence-electron chi connectivity index (χ2n) is 8.25. The van der Waals surface area contributed by atoms with Crippen molar-refractivity contribution in [2.75, 3.05) is 13.6 Å². The molecule has 0 saturated carbocycles. The molecule has 168 valence electrons. The third-order valence-corrected chi connectivity index (χ3v) is 5.64. The normalized spacial score (nSPS) is 15.9. The number of hydrogen-bond donors (Lipinski definition) is 1. The van der Waals surface area contributed by atoms with Gasteiger partial charge in [-0.3, -0.25) is 19.2 Å². The molecule has 1 aliphatic rings. The van der Waals surface area contributed by atoms with Gasteiger partial charge in [0.1, 0.15) is 11.6 Å². The van der Waals surface area contributed by atoms with Crippen LogP contribution >= 0.6 is 0 Å². The summed E-state index contributed by atoms with van der Waals surface area (Å²) in [6.07, 6.45) is 5.50. The first kappa shape index (κ1) is 21.9. The highest BCUT2D eigenvalue weighted by Crippen LogP contribution is 2.13. The van der Waals surface area contributed by atoms with Crippen molar-refractivity contribution in [2.45, 2.75) is 44.9 Å². The molecule has 3 heterocycles. The van der Waals surface area contributed by atoms with Crippen LogP contribution in [0.3, 0.4) is 0 Å². The number of nitrogens with one attached hydrogen (secondary N) is 1. The van der Waals surface area contributed by atoms with Crippen LogP contribution in [0.5, 0.6) is 0 Å². The standard InChI is InChI=1S/C23H27FN6O2/c1-28(14-18-8-11-25-12-9-18)16-22(31)26-20-6-7-21-27-30(23(32)29(21)13-10-20)15-17-2-4-19(24)5-3-17/h2-5,8-9,11-12,20H,6-7,10,13-16H2,1H3,(H,26,31). The molecule has 1 atom stereocenters. The molecule has 3 aromatic rings. The van der Waals surface area contributed by atoms with Gasteiger partial charge in [0.25, 0.3) is 0 Å². The maximum absolute atomic E-state index is 13.1.